The molecule has 3 N–H and O–H groups in total. The van der Waals surface area contributed by atoms with Gasteiger partial charge in [-0.05, 0) is 39.3 Å². The zero-order valence-electron chi connectivity index (χ0n) is 12.2. The second-order valence-electron chi connectivity index (χ2n) is 5.49. The minimum absolute atomic E-state index is 0.176. The van der Waals surface area contributed by atoms with Crippen LogP contribution in [0.2, 0.25) is 0 Å². The highest BCUT2D eigenvalue weighted by atomic mass is 32.1. The molecule has 1 heterocycles. The van der Waals surface area contributed by atoms with E-state index in [1.165, 1.54) is 4.88 Å². The van der Waals surface area contributed by atoms with Gasteiger partial charge in [0.15, 0.2) is 0 Å². The Labute approximate surface area is 119 Å². The minimum atomic E-state index is -0.494. The predicted octanol–water partition coefficient (Wildman–Crippen LogP) is 3.23. The second kappa shape index (κ2) is 6.91. The second-order valence-corrected chi connectivity index (χ2v) is 6.69. The van der Waals surface area contributed by atoms with Crippen LogP contribution in [0.3, 0.4) is 0 Å². The Bertz CT molecular complexity index is 410. The summed E-state index contributed by atoms with van der Waals surface area (Å²) in [6.45, 7) is 8.04. The standard InChI is InChI=1S/C14H24N2O2S/c1-5-6-10-7-8-12(19-10)11(9-15)16-13(17)18-14(2,3)4/h7-8,11H,5-6,9,15H2,1-4H3,(H,16,17). The lowest BCUT2D eigenvalue weighted by molar-refractivity contribution is 0.0506. The summed E-state index contributed by atoms with van der Waals surface area (Å²) in [6.07, 6.45) is 1.76. The number of nitrogens with two attached hydrogens (primary N) is 1. The average molecular weight is 284 g/mol. The van der Waals surface area contributed by atoms with Crippen molar-refractivity contribution in [2.24, 2.45) is 5.73 Å². The Morgan fingerprint density at radius 3 is 2.68 bits per heavy atom. The van der Waals surface area contributed by atoms with Crippen LogP contribution in [0.1, 0.15) is 49.9 Å². The first-order valence-electron chi connectivity index (χ1n) is 6.64. The molecule has 19 heavy (non-hydrogen) atoms. The molecule has 0 aliphatic carbocycles. The van der Waals surface area contributed by atoms with Gasteiger partial charge in [-0.3, -0.25) is 0 Å². The van der Waals surface area contributed by atoms with E-state index in [-0.39, 0.29) is 6.04 Å². The largest absolute Gasteiger partial charge is 0.444 e. The van der Waals surface area contributed by atoms with E-state index in [0.29, 0.717) is 6.54 Å². The number of carbonyl (C=O) groups is 1. The third-order valence-electron chi connectivity index (χ3n) is 2.45. The van der Waals surface area contributed by atoms with Crippen molar-refractivity contribution in [3.05, 3.63) is 21.9 Å². The monoisotopic (exact) mass is 284 g/mol. The maximum Gasteiger partial charge on any atom is 0.408 e. The van der Waals surface area contributed by atoms with Gasteiger partial charge < -0.3 is 15.8 Å². The van der Waals surface area contributed by atoms with Gasteiger partial charge in [0.25, 0.3) is 0 Å². The number of aryl methyl sites for hydroxylation is 1. The molecule has 0 aliphatic heterocycles. The molecule has 1 aromatic heterocycles. The molecule has 1 atom stereocenters. The van der Waals surface area contributed by atoms with E-state index >= 15 is 0 Å². The number of rotatable bonds is 5. The Balaban J connectivity index is 2.64. The smallest absolute Gasteiger partial charge is 0.408 e. The molecule has 1 rings (SSSR count). The number of carbonyl (C=O) groups excluding carboxylic acids is 1. The Morgan fingerprint density at radius 2 is 2.16 bits per heavy atom. The number of hydrogen-bond donors (Lipinski definition) is 2. The molecule has 0 radical (unpaired) electrons. The normalized spacial score (nSPS) is 13.1. The van der Waals surface area contributed by atoms with Crippen LogP contribution in [-0.4, -0.2) is 18.2 Å². The average Bonchev–Trinajstić information content (AvgIpc) is 2.72. The number of alkyl carbamates (subject to hydrolysis) is 1. The Morgan fingerprint density at radius 1 is 1.47 bits per heavy atom. The van der Waals surface area contributed by atoms with Crippen molar-refractivity contribution in [3.8, 4) is 0 Å². The summed E-state index contributed by atoms with van der Waals surface area (Å²) >= 11 is 1.70. The van der Waals surface area contributed by atoms with Crippen molar-refractivity contribution in [3.63, 3.8) is 0 Å². The molecule has 0 bridgehead atoms. The Hall–Kier alpha value is -1.07. The molecule has 0 aliphatic rings. The van der Waals surface area contributed by atoms with Crippen molar-refractivity contribution in [1.82, 2.24) is 5.32 Å². The summed E-state index contributed by atoms with van der Waals surface area (Å²) in [7, 11) is 0. The summed E-state index contributed by atoms with van der Waals surface area (Å²) in [5.74, 6) is 0. The lowest BCUT2D eigenvalue weighted by Crippen LogP contribution is -2.37. The van der Waals surface area contributed by atoms with Gasteiger partial charge in [0.2, 0.25) is 0 Å². The molecule has 1 amide bonds. The highest BCUT2D eigenvalue weighted by Gasteiger charge is 2.20. The lowest BCUT2D eigenvalue weighted by atomic mass is 10.2. The van der Waals surface area contributed by atoms with Gasteiger partial charge in [-0.1, -0.05) is 13.3 Å². The summed E-state index contributed by atoms with van der Waals surface area (Å²) in [4.78, 5) is 14.2. The fourth-order valence-corrected chi connectivity index (χ4v) is 2.84. The quantitative estimate of drug-likeness (QED) is 0.872. The van der Waals surface area contributed by atoms with Crippen molar-refractivity contribution in [1.29, 1.82) is 0 Å². The molecule has 1 aromatic rings. The van der Waals surface area contributed by atoms with Crippen LogP contribution in [0.5, 0.6) is 0 Å². The van der Waals surface area contributed by atoms with Crippen LogP contribution in [0.15, 0.2) is 12.1 Å². The van der Waals surface area contributed by atoms with Crippen LogP contribution < -0.4 is 11.1 Å². The van der Waals surface area contributed by atoms with E-state index in [1.807, 2.05) is 26.8 Å². The Kier molecular flexibility index (Phi) is 5.82. The van der Waals surface area contributed by atoms with Gasteiger partial charge in [0, 0.05) is 16.3 Å². The van der Waals surface area contributed by atoms with Crippen molar-refractivity contribution >= 4 is 17.4 Å². The molecule has 5 heteroatoms. The molecular formula is C14H24N2O2S. The summed E-state index contributed by atoms with van der Waals surface area (Å²) in [5.41, 5.74) is 5.24. The van der Waals surface area contributed by atoms with E-state index in [2.05, 4.69) is 18.3 Å². The third kappa shape index (κ3) is 5.61. The molecule has 4 nitrogen and oxygen atoms in total. The van der Waals surface area contributed by atoms with Crippen LogP contribution >= 0.6 is 11.3 Å². The van der Waals surface area contributed by atoms with E-state index in [9.17, 15) is 4.79 Å². The van der Waals surface area contributed by atoms with Crippen LogP contribution in [0, 0.1) is 0 Å². The third-order valence-corrected chi connectivity index (χ3v) is 3.71. The van der Waals surface area contributed by atoms with Gasteiger partial charge in [0.05, 0.1) is 6.04 Å². The zero-order chi connectivity index (χ0) is 14.5. The fraction of sp³-hybridized carbons (Fsp3) is 0.643. The highest BCUT2D eigenvalue weighted by molar-refractivity contribution is 7.12. The highest BCUT2D eigenvalue weighted by Crippen LogP contribution is 2.24. The molecule has 0 saturated heterocycles. The number of thiophene rings is 1. The molecule has 0 aromatic carbocycles. The summed E-state index contributed by atoms with van der Waals surface area (Å²) in [6, 6.07) is 3.96. The predicted molar refractivity (Wildman–Crippen MR) is 79.5 cm³/mol. The van der Waals surface area contributed by atoms with E-state index in [1.54, 1.807) is 11.3 Å². The zero-order valence-corrected chi connectivity index (χ0v) is 13.0. The molecule has 0 spiro atoms. The van der Waals surface area contributed by atoms with Gasteiger partial charge in [-0.2, -0.15) is 0 Å². The van der Waals surface area contributed by atoms with Gasteiger partial charge >= 0.3 is 6.09 Å². The van der Waals surface area contributed by atoms with Crippen molar-refractivity contribution in [2.45, 2.75) is 52.2 Å². The van der Waals surface area contributed by atoms with Gasteiger partial charge in [-0.15, -0.1) is 11.3 Å². The first-order chi connectivity index (χ1) is 8.85. The number of nitrogens with one attached hydrogen (secondary N) is 1. The van der Waals surface area contributed by atoms with Crippen LogP contribution in [0.25, 0.3) is 0 Å². The molecule has 1 unspecified atom stereocenters. The fourth-order valence-electron chi connectivity index (χ4n) is 1.66. The molecule has 0 saturated carbocycles. The lowest BCUT2D eigenvalue weighted by Gasteiger charge is -2.22. The van der Waals surface area contributed by atoms with E-state index < -0.39 is 11.7 Å². The van der Waals surface area contributed by atoms with Crippen molar-refractivity contribution in [2.75, 3.05) is 6.54 Å². The van der Waals surface area contributed by atoms with E-state index in [4.69, 9.17) is 10.5 Å². The van der Waals surface area contributed by atoms with E-state index in [0.717, 1.165) is 17.7 Å². The molecule has 108 valence electrons. The van der Waals surface area contributed by atoms with Crippen LogP contribution in [-0.2, 0) is 11.2 Å². The first-order valence-corrected chi connectivity index (χ1v) is 7.45. The molecular weight excluding hydrogens is 260 g/mol. The number of amides is 1. The summed E-state index contributed by atoms with van der Waals surface area (Å²) in [5, 5.41) is 2.82. The topological polar surface area (TPSA) is 64.3 Å². The number of hydrogen-bond acceptors (Lipinski definition) is 4. The van der Waals surface area contributed by atoms with Crippen LogP contribution in [0.4, 0.5) is 4.79 Å². The maximum atomic E-state index is 11.7. The van der Waals surface area contributed by atoms with Gasteiger partial charge in [-0.25, -0.2) is 4.79 Å². The maximum absolute atomic E-state index is 11.7. The van der Waals surface area contributed by atoms with Crippen molar-refractivity contribution < 1.29 is 9.53 Å². The number of ether oxygens (including phenoxy) is 1. The first kappa shape index (κ1) is 16.0. The summed E-state index contributed by atoms with van der Waals surface area (Å²) < 4.78 is 5.24. The SMILES string of the molecule is CCCc1ccc(C(CN)NC(=O)OC(C)(C)C)s1. The van der Waals surface area contributed by atoms with Gasteiger partial charge in [0.1, 0.15) is 5.60 Å². The minimum Gasteiger partial charge on any atom is -0.444 e. The molecule has 0 fully saturated rings.